The molecule has 0 radical (unpaired) electrons. The number of nitrogens with one attached hydrogen (secondary N) is 1. The quantitative estimate of drug-likeness (QED) is 0.494. The van der Waals surface area contributed by atoms with E-state index in [1.54, 1.807) is 0 Å². The lowest BCUT2D eigenvalue weighted by molar-refractivity contribution is -0.139. The van der Waals surface area contributed by atoms with Gasteiger partial charge in [-0.05, 0) is 36.1 Å². The maximum Gasteiger partial charge on any atom is 0.321 e. The summed E-state index contributed by atoms with van der Waals surface area (Å²) in [7, 11) is 0. The molecule has 31 heavy (non-hydrogen) atoms. The van der Waals surface area contributed by atoms with E-state index in [4.69, 9.17) is 5.26 Å². The van der Waals surface area contributed by atoms with Crippen LogP contribution < -0.4 is 5.32 Å². The van der Waals surface area contributed by atoms with Gasteiger partial charge in [-0.25, -0.2) is 4.98 Å². The Morgan fingerprint density at radius 2 is 1.90 bits per heavy atom. The lowest BCUT2D eigenvalue weighted by Crippen LogP contribution is -2.38. The fourth-order valence-electron chi connectivity index (χ4n) is 3.51. The molecule has 0 unspecified atom stereocenters. The molecule has 0 saturated carbocycles. The zero-order valence-electron chi connectivity index (χ0n) is 17.8. The SMILES string of the molecule is CCCCc1ncc(CN[C@@H](Cc2ccccc2)C(=O)O)n1Cc1ccc(C#N)cc1. The summed E-state index contributed by atoms with van der Waals surface area (Å²) in [6, 6.07) is 18.6. The molecule has 160 valence electrons. The lowest BCUT2D eigenvalue weighted by atomic mass is 10.1. The van der Waals surface area contributed by atoms with Crippen molar-refractivity contribution in [2.45, 2.75) is 51.7 Å². The Hall–Kier alpha value is -3.43. The molecule has 1 atom stereocenters. The number of benzene rings is 2. The first-order chi connectivity index (χ1) is 15.1. The van der Waals surface area contributed by atoms with Crippen LogP contribution in [0.15, 0.2) is 60.8 Å². The van der Waals surface area contributed by atoms with Crippen LogP contribution in [0.25, 0.3) is 0 Å². The molecule has 2 N–H and O–H groups in total. The van der Waals surface area contributed by atoms with Gasteiger partial charge < -0.3 is 9.67 Å². The van der Waals surface area contributed by atoms with Gasteiger partial charge in [0.1, 0.15) is 11.9 Å². The smallest absolute Gasteiger partial charge is 0.321 e. The van der Waals surface area contributed by atoms with Crippen LogP contribution in [0.4, 0.5) is 0 Å². The molecule has 3 aromatic rings. The summed E-state index contributed by atoms with van der Waals surface area (Å²) in [4.78, 5) is 16.4. The molecule has 0 saturated heterocycles. The zero-order valence-corrected chi connectivity index (χ0v) is 17.8. The highest BCUT2D eigenvalue weighted by Gasteiger charge is 2.19. The van der Waals surface area contributed by atoms with E-state index in [2.05, 4.69) is 27.9 Å². The van der Waals surface area contributed by atoms with E-state index in [1.165, 1.54) is 0 Å². The van der Waals surface area contributed by atoms with Crippen LogP contribution in [0.3, 0.4) is 0 Å². The normalized spacial score (nSPS) is 11.7. The minimum absolute atomic E-state index is 0.416. The summed E-state index contributed by atoms with van der Waals surface area (Å²) >= 11 is 0. The highest BCUT2D eigenvalue weighted by molar-refractivity contribution is 5.73. The van der Waals surface area contributed by atoms with Gasteiger partial charge in [0.25, 0.3) is 0 Å². The second-order valence-corrected chi connectivity index (χ2v) is 7.63. The third-order valence-electron chi connectivity index (χ3n) is 5.31. The average molecular weight is 417 g/mol. The molecular weight excluding hydrogens is 388 g/mol. The molecule has 0 aliphatic carbocycles. The minimum atomic E-state index is -0.867. The first-order valence-electron chi connectivity index (χ1n) is 10.6. The molecule has 0 spiro atoms. The predicted molar refractivity (Wildman–Crippen MR) is 120 cm³/mol. The first-order valence-corrected chi connectivity index (χ1v) is 10.6. The van der Waals surface area contributed by atoms with Gasteiger partial charge in [-0.1, -0.05) is 55.8 Å². The van der Waals surface area contributed by atoms with Crippen LogP contribution in [0, 0.1) is 11.3 Å². The molecular formula is C25H28N4O2. The summed E-state index contributed by atoms with van der Waals surface area (Å²) in [5.74, 6) is 0.131. The maximum absolute atomic E-state index is 11.8. The third kappa shape index (κ3) is 6.27. The van der Waals surface area contributed by atoms with Crippen molar-refractivity contribution in [2.75, 3.05) is 0 Å². The standard InChI is InChI=1S/C25H28N4O2/c1-2-3-9-24-28-17-22(29(24)18-21-12-10-20(15-26)11-13-21)16-27-23(25(30)31)14-19-7-5-4-6-8-19/h4-8,10-13,17,23,27H,2-3,9,14,16,18H2,1H3,(H,30,31)/t23-/m0/s1. The number of imidazole rings is 1. The third-order valence-corrected chi connectivity index (χ3v) is 5.31. The largest absolute Gasteiger partial charge is 0.480 e. The maximum atomic E-state index is 11.8. The van der Waals surface area contributed by atoms with E-state index < -0.39 is 12.0 Å². The van der Waals surface area contributed by atoms with E-state index in [0.29, 0.717) is 25.1 Å². The van der Waals surface area contributed by atoms with Crippen molar-refractivity contribution in [1.82, 2.24) is 14.9 Å². The summed E-state index contributed by atoms with van der Waals surface area (Å²) in [5.41, 5.74) is 3.65. The molecule has 0 amide bonds. The van der Waals surface area contributed by atoms with E-state index in [1.807, 2.05) is 60.8 Å². The highest BCUT2D eigenvalue weighted by Crippen LogP contribution is 2.14. The molecule has 0 aliphatic rings. The monoisotopic (exact) mass is 416 g/mol. The predicted octanol–water partition coefficient (Wildman–Crippen LogP) is 3.93. The number of hydrogen-bond donors (Lipinski definition) is 2. The van der Waals surface area contributed by atoms with Crippen molar-refractivity contribution in [3.05, 3.63) is 89.0 Å². The van der Waals surface area contributed by atoms with Crippen LogP contribution >= 0.6 is 0 Å². The molecule has 3 rings (SSSR count). The Balaban J connectivity index is 1.76. The van der Waals surface area contributed by atoms with Gasteiger partial charge in [0.2, 0.25) is 0 Å². The summed E-state index contributed by atoms with van der Waals surface area (Å²) in [5, 5.41) is 21.9. The summed E-state index contributed by atoms with van der Waals surface area (Å²) < 4.78 is 2.16. The molecule has 6 heteroatoms. The van der Waals surface area contributed by atoms with Gasteiger partial charge >= 0.3 is 5.97 Å². The Bertz CT molecular complexity index is 1020. The second-order valence-electron chi connectivity index (χ2n) is 7.63. The number of aliphatic carboxylic acids is 1. The molecule has 0 aliphatic heterocycles. The van der Waals surface area contributed by atoms with Gasteiger partial charge in [0.15, 0.2) is 0 Å². The summed E-state index contributed by atoms with van der Waals surface area (Å²) in [6.45, 7) is 3.20. The van der Waals surface area contributed by atoms with Crippen LogP contribution in [-0.4, -0.2) is 26.7 Å². The second kappa shape index (κ2) is 11.1. The number of carbonyl (C=O) groups is 1. The van der Waals surface area contributed by atoms with Crippen molar-refractivity contribution in [1.29, 1.82) is 5.26 Å². The van der Waals surface area contributed by atoms with Gasteiger partial charge in [-0.15, -0.1) is 0 Å². The Morgan fingerprint density at radius 1 is 1.16 bits per heavy atom. The minimum Gasteiger partial charge on any atom is -0.480 e. The molecule has 0 bridgehead atoms. The van der Waals surface area contributed by atoms with E-state index in [-0.39, 0.29) is 0 Å². The van der Waals surface area contributed by atoms with Gasteiger partial charge in [0, 0.05) is 25.7 Å². The molecule has 0 fully saturated rings. The lowest BCUT2D eigenvalue weighted by Gasteiger charge is -2.17. The number of carboxylic acids is 1. The average Bonchev–Trinajstić information content (AvgIpc) is 3.17. The Labute approximate surface area is 183 Å². The van der Waals surface area contributed by atoms with Crippen molar-refractivity contribution in [3.63, 3.8) is 0 Å². The number of aromatic nitrogens is 2. The Morgan fingerprint density at radius 3 is 2.55 bits per heavy atom. The van der Waals surface area contributed by atoms with Crippen LogP contribution in [-0.2, 0) is 30.7 Å². The van der Waals surface area contributed by atoms with Crippen molar-refractivity contribution < 1.29 is 9.90 Å². The number of aryl methyl sites for hydroxylation is 1. The Kier molecular flexibility index (Phi) is 7.97. The van der Waals surface area contributed by atoms with E-state index >= 15 is 0 Å². The molecule has 6 nitrogen and oxygen atoms in total. The van der Waals surface area contributed by atoms with Crippen molar-refractivity contribution >= 4 is 5.97 Å². The number of hydrogen-bond acceptors (Lipinski definition) is 4. The topological polar surface area (TPSA) is 90.9 Å². The fourth-order valence-corrected chi connectivity index (χ4v) is 3.51. The highest BCUT2D eigenvalue weighted by atomic mass is 16.4. The molecule has 1 heterocycles. The number of rotatable bonds is 11. The number of nitrogens with zero attached hydrogens (tertiary/aromatic N) is 3. The van der Waals surface area contributed by atoms with E-state index in [0.717, 1.165) is 41.9 Å². The van der Waals surface area contributed by atoms with E-state index in [9.17, 15) is 9.90 Å². The summed E-state index contributed by atoms with van der Waals surface area (Å²) in [6.07, 6.45) is 5.25. The van der Waals surface area contributed by atoms with Crippen molar-refractivity contribution in [3.8, 4) is 6.07 Å². The van der Waals surface area contributed by atoms with Gasteiger partial charge in [0.05, 0.1) is 17.3 Å². The number of carboxylic acid groups (broad SMARTS) is 1. The van der Waals surface area contributed by atoms with Crippen LogP contribution in [0.1, 0.15) is 48.0 Å². The zero-order chi connectivity index (χ0) is 22.1. The van der Waals surface area contributed by atoms with Crippen LogP contribution in [0.2, 0.25) is 0 Å². The number of unbranched alkanes of at least 4 members (excludes halogenated alkanes) is 1. The molecule has 1 aromatic heterocycles. The fraction of sp³-hybridized carbons (Fsp3) is 0.320. The molecule has 2 aromatic carbocycles. The van der Waals surface area contributed by atoms with Gasteiger partial charge in [-0.3, -0.25) is 10.1 Å². The number of nitriles is 1. The van der Waals surface area contributed by atoms with Gasteiger partial charge in [-0.2, -0.15) is 5.26 Å². The van der Waals surface area contributed by atoms with Crippen LogP contribution in [0.5, 0.6) is 0 Å². The van der Waals surface area contributed by atoms with Crippen molar-refractivity contribution in [2.24, 2.45) is 0 Å². The first kappa shape index (κ1) is 22.3.